The number of rotatable bonds is 5. The molecule has 4 nitrogen and oxygen atoms in total. The van der Waals surface area contributed by atoms with Crippen molar-refractivity contribution in [3.05, 3.63) is 133 Å². The van der Waals surface area contributed by atoms with Crippen LogP contribution in [0.3, 0.4) is 0 Å². The summed E-state index contributed by atoms with van der Waals surface area (Å²) in [6, 6.07) is 41.6. The highest BCUT2D eigenvalue weighted by atomic mass is 32.2. The lowest BCUT2D eigenvalue weighted by atomic mass is 9.94. The van der Waals surface area contributed by atoms with Crippen LogP contribution in [-0.2, 0) is 10.1 Å². The van der Waals surface area contributed by atoms with E-state index in [1.54, 1.807) is 42.5 Å². The van der Waals surface area contributed by atoms with Gasteiger partial charge in [0.1, 0.15) is 0 Å². The quantitative estimate of drug-likeness (QED) is 0.148. The van der Waals surface area contributed by atoms with E-state index in [1.165, 1.54) is 6.07 Å². The zero-order valence-corrected chi connectivity index (χ0v) is 23.2. The highest BCUT2D eigenvalue weighted by molar-refractivity contribution is 7.88. The minimum absolute atomic E-state index is 0.224. The van der Waals surface area contributed by atoms with Gasteiger partial charge in [0.2, 0.25) is 0 Å². The first-order chi connectivity index (χ1) is 20.7. The van der Waals surface area contributed by atoms with E-state index >= 15 is 0 Å². The number of para-hydroxylation sites is 2. The summed E-state index contributed by atoms with van der Waals surface area (Å²) >= 11 is 0. The summed E-state index contributed by atoms with van der Waals surface area (Å²) in [6.07, 6.45) is 0. The van der Waals surface area contributed by atoms with E-state index in [0.717, 1.165) is 43.8 Å². The van der Waals surface area contributed by atoms with E-state index in [1.807, 2.05) is 60.7 Å². The van der Waals surface area contributed by atoms with Crippen LogP contribution in [0.1, 0.15) is 0 Å². The molecule has 6 aromatic carbocycles. The Morgan fingerprint density at radius 2 is 1.09 bits per heavy atom. The molecule has 0 aliphatic carbocycles. The smallest absolute Gasteiger partial charge is 0.375 e. The third kappa shape index (κ3) is 4.51. The molecule has 7 rings (SSSR count). The Labute approximate surface area is 245 Å². The van der Waals surface area contributed by atoms with Crippen LogP contribution in [0.15, 0.2) is 133 Å². The number of nitrogens with zero attached hydrogens (tertiary/aromatic N) is 1. The van der Waals surface area contributed by atoms with E-state index < -0.39 is 21.4 Å². The molecule has 7 aromatic rings. The third-order valence-electron chi connectivity index (χ3n) is 7.58. The van der Waals surface area contributed by atoms with Crippen LogP contribution in [0.5, 0.6) is 5.75 Å². The highest BCUT2D eigenvalue weighted by Gasteiger charge is 2.48. The number of halogens is 3. The van der Waals surface area contributed by atoms with Crippen molar-refractivity contribution < 1.29 is 25.8 Å². The van der Waals surface area contributed by atoms with Gasteiger partial charge >= 0.3 is 15.6 Å². The average Bonchev–Trinajstić information content (AvgIpc) is 3.35. The number of hydrogen-bond donors (Lipinski definition) is 0. The van der Waals surface area contributed by atoms with Crippen LogP contribution < -0.4 is 4.18 Å². The van der Waals surface area contributed by atoms with E-state index in [-0.39, 0.29) is 5.56 Å². The number of aromatic nitrogens is 1. The van der Waals surface area contributed by atoms with Gasteiger partial charge in [0.05, 0.1) is 16.7 Å². The lowest BCUT2D eigenvalue weighted by Gasteiger charge is -2.17. The van der Waals surface area contributed by atoms with Crippen LogP contribution in [0.4, 0.5) is 13.2 Å². The standard InChI is InChI=1S/C35H22F3NO3S/c36-35(37,38)43(40,41)42-34-21-18-24(22-30(34)23-10-2-1-3-11-23)25-19-20-33(27-13-5-4-12-26(25)27)39-31-16-8-6-14-28(31)29-15-7-9-17-32(29)39/h1-22H. The molecule has 0 N–H and O–H groups in total. The molecule has 0 unspecified atom stereocenters. The Bertz CT molecular complexity index is 2220. The first-order valence-electron chi connectivity index (χ1n) is 13.4. The molecule has 0 bridgehead atoms. The van der Waals surface area contributed by atoms with Crippen LogP contribution in [0.25, 0.3) is 60.5 Å². The molecule has 0 saturated heterocycles. The molecule has 0 atom stereocenters. The van der Waals surface area contributed by atoms with Crippen molar-refractivity contribution >= 4 is 42.7 Å². The molecule has 1 aromatic heterocycles. The van der Waals surface area contributed by atoms with Gasteiger partial charge in [-0.1, -0.05) is 103 Å². The zero-order chi connectivity index (χ0) is 29.8. The Morgan fingerprint density at radius 3 is 1.72 bits per heavy atom. The molecule has 8 heteroatoms. The lowest BCUT2D eigenvalue weighted by Crippen LogP contribution is -2.28. The summed E-state index contributed by atoms with van der Waals surface area (Å²) in [5, 5.41) is 4.19. The number of alkyl halides is 3. The summed E-state index contributed by atoms with van der Waals surface area (Å²) < 4.78 is 70.3. The van der Waals surface area contributed by atoms with Crippen molar-refractivity contribution in [1.82, 2.24) is 4.57 Å². The van der Waals surface area contributed by atoms with Crippen LogP contribution in [-0.4, -0.2) is 18.5 Å². The lowest BCUT2D eigenvalue weighted by molar-refractivity contribution is -0.0499. The summed E-state index contributed by atoms with van der Waals surface area (Å²) in [5.74, 6) is -0.404. The van der Waals surface area contributed by atoms with Gasteiger partial charge in [-0.15, -0.1) is 0 Å². The predicted octanol–water partition coefficient (Wildman–Crippen LogP) is 9.50. The number of hydrogen-bond acceptors (Lipinski definition) is 3. The summed E-state index contributed by atoms with van der Waals surface area (Å²) in [6.45, 7) is 0. The molecule has 0 spiro atoms. The second-order valence-electron chi connectivity index (χ2n) is 10.1. The minimum Gasteiger partial charge on any atom is -0.375 e. The van der Waals surface area contributed by atoms with E-state index in [0.29, 0.717) is 11.1 Å². The van der Waals surface area contributed by atoms with Crippen LogP contribution >= 0.6 is 0 Å². The van der Waals surface area contributed by atoms with Crippen molar-refractivity contribution in [2.24, 2.45) is 0 Å². The molecule has 0 radical (unpaired) electrons. The molecule has 1 heterocycles. The van der Waals surface area contributed by atoms with Gasteiger partial charge in [-0.3, -0.25) is 0 Å². The van der Waals surface area contributed by atoms with Gasteiger partial charge in [-0.05, 0) is 52.4 Å². The van der Waals surface area contributed by atoms with Gasteiger partial charge in [-0.25, -0.2) is 0 Å². The summed E-state index contributed by atoms with van der Waals surface area (Å²) in [5.41, 5.74) is -0.164. The topological polar surface area (TPSA) is 48.3 Å². The van der Waals surface area contributed by atoms with Gasteiger partial charge in [0, 0.05) is 21.7 Å². The molecular formula is C35H22F3NO3S. The molecule has 43 heavy (non-hydrogen) atoms. The average molecular weight is 594 g/mol. The molecular weight excluding hydrogens is 571 g/mol. The maximum Gasteiger partial charge on any atom is 0.534 e. The minimum atomic E-state index is -5.86. The van der Waals surface area contributed by atoms with Gasteiger partial charge in [0.25, 0.3) is 0 Å². The number of benzene rings is 6. The monoisotopic (exact) mass is 593 g/mol. The Hall–Kier alpha value is -5.08. The van der Waals surface area contributed by atoms with Crippen molar-refractivity contribution in [2.45, 2.75) is 5.51 Å². The molecule has 212 valence electrons. The van der Waals surface area contributed by atoms with Crippen molar-refractivity contribution in [3.8, 4) is 33.7 Å². The van der Waals surface area contributed by atoms with Gasteiger partial charge < -0.3 is 8.75 Å². The second kappa shape index (κ2) is 10.0. The largest absolute Gasteiger partial charge is 0.534 e. The Balaban J connectivity index is 1.44. The molecule has 0 aliphatic heterocycles. The Morgan fingerprint density at radius 1 is 0.535 bits per heavy atom. The molecule has 0 aliphatic rings. The first kappa shape index (κ1) is 26.8. The van der Waals surface area contributed by atoms with Crippen LogP contribution in [0.2, 0.25) is 0 Å². The predicted molar refractivity (Wildman–Crippen MR) is 165 cm³/mol. The van der Waals surface area contributed by atoms with Crippen molar-refractivity contribution in [3.63, 3.8) is 0 Å². The summed E-state index contributed by atoms with van der Waals surface area (Å²) in [7, 11) is -5.86. The first-order valence-corrected chi connectivity index (χ1v) is 14.8. The summed E-state index contributed by atoms with van der Waals surface area (Å²) in [4.78, 5) is 0. The molecule has 0 fully saturated rings. The molecule has 0 amide bonds. The fourth-order valence-corrected chi connectivity index (χ4v) is 6.17. The zero-order valence-electron chi connectivity index (χ0n) is 22.4. The fraction of sp³-hybridized carbons (Fsp3) is 0.0286. The highest BCUT2D eigenvalue weighted by Crippen LogP contribution is 2.41. The maximum absolute atomic E-state index is 13.2. The fourth-order valence-electron chi connectivity index (χ4n) is 5.69. The third-order valence-corrected chi connectivity index (χ3v) is 8.55. The van der Waals surface area contributed by atoms with Gasteiger partial charge in [0.15, 0.2) is 5.75 Å². The van der Waals surface area contributed by atoms with Gasteiger partial charge in [-0.2, -0.15) is 21.6 Å². The van der Waals surface area contributed by atoms with E-state index in [4.69, 9.17) is 0 Å². The van der Waals surface area contributed by atoms with Crippen molar-refractivity contribution in [2.75, 3.05) is 0 Å². The molecule has 0 saturated carbocycles. The second-order valence-corrected chi connectivity index (χ2v) is 11.6. The van der Waals surface area contributed by atoms with E-state index in [9.17, 15) is 21.6 Å². The Kier molecular flexibility index (Phi) is 6.25. The SMILES string of the molecule is O=S(=O)(Oc1ccc(-c2ccc(-n3c4ccccc4c4ccccc43)c3ccccc23)cc1-c1ccccc1)C(F)(F)F. The van der Waals surface area contributed by atoms with E-state index in [2.05, 4.69) is 33.0 Å². The van der Waals surface area contributed by atoms with Crippen LogP contribution in [0, 0.1) is 0 Å². The maximum atomic E-state index is 13.2. The normalized spacial score (nSPS) is 12.3. The number of fused-ring (bicyclic) bond motifs is 4. The van der Waals surface area contributed by atoms with Crippen molar-refractivity contribution in [1.29, 1.82) is 0 Å².